The Morgan fingerprint density at radius 3 is 2.93 bits per heavy atom. The first-order valence-electron chi connectivity index (χ1n) is 4.49. The number of carbonyl (C=O) groups excluding carboxylic acids is 1. The van der Waals surface area contributed by atoms with Crippen molar-refractivity contribution >= 4 is 33.3 Å². The van der Waals surface area contributed by atoms with E-state index in [9.17, 15) is 4.79 Å². The molecule has 0 aliphatic rings. The molecule has 4 N–H and O–H groups in total. The molecule has 0 aromatic carbocycles. The number of nitrogens with two attached hydrogens (primary N) is 1. The Hall–Kier alpha value is -1.30. The zero-order chi connectivity index (χ0) is 11.3. The van der Waals surface area contributed by atoms with Gasteiger partial charge in [0, 0.05) is 30.7 Å². The van der Waals surface area contributed by atoms with E-state index in [-0.39, 0.29) is 5.91 Å². The summed E-state index contributed by atoms with van der Waals surface area (Å²) in [6.45, 7) is 2.62. The van der Waals surface area contributed by atoms with E-state index in [2.05, 4.69) is 31.5 Å². The van der Waals surface area contributed by atoms with E-state index in [0.717, 1.165) is 4.47 Å². The summed E-state index contributed by atoms with van der Waals surface area (Å²) >= 11 is 3.27. The molecule has 15 heavy (non-hydrogen) atoms. The van der Waals surface area contributed by atoms with Gasteiger partial charge in [-0.05, 0) is 22.0 Å². The Bertz CT molecular complexity index is 356. The molecule has 0 fully saturated rings. The number of nitrogens with one attached hydrogen (secondary N) is 2. The molecular weight excluding hydrogens is 260 g/mol. The van der Waals surface area contributed by atoms with Crippen molar-refractivity contribution in [1.29, 1.82) is 0 Å². The van der Waals surface area contributed by atoms with Crippen LogP contribution in [-0.4, -0.2) is 24.0 Å². The molecule has 0 radical (unpaired) electrons. The summed E-state index contributed by atoms with van der Waals surface area (Å²) in [7, 11) is 0. The van der Waals surface area contributed by atoms with E-state index in [0.29, 0.717) is 24.6 Å². The number of amides is 1. The van der Waals surface area contributed by atoms with Gasteiger partial charge < -0.3 is 16.4 Å². The van der Waals surface area contributed by atoms with E-state index >= 15 is 0 Å². The summed E-state index contributed by atoms with van der Waals surface area (Å²) in [5.41, 5.74) is 6.30. The van der Waals surface area contributed by atoms with Gasteiger partial charge in [0.2, 0.25) is 5.91 Å². The van der Waals surface area contributed by atoms with Crippen molar-refractivity contribution in [3.8, 4) is 0 Å². The van der Waals surface area contributed by atoms with Crippen LogP contribution in [0.1, 0.15) is 6.92 Å². The number of nitrogens with zero attached hydrogens (tertiary/aromatic N) is 1. The standard InChI is InChI=1S/C9H13BrN4O/c1-6(15)12-2-3-13-9-8(11)4-7(10)5-14-9/h4-5H,2-3,11H2,1H3,(H,12,15)(H,13,14). The van der Waals surface area contributed by atoms with E-state index in [1.165, 1.54) is 6.92 Å². The molecule has 1 heterocycles. The van der Waals surface area contributed by atoms with Gasteiger partial charge in [0.05, 0.1) is 5.69 Å². The fraction of sp³-hybridized carbons (Fsp3) is 0.333. The molecule has 1 rings (SSSR count). The van der Waals surface area contributed by atoms with E-state index in [1.807, 2.05) is 0 Å². The van der Waals surface area contributed by atoms with Crippen molar-refractivity contribution in [2.75, 3.05) is 24.1 Å². The zero-order valence-corrected chi connectivity index (χ0v) is 9.97. The highest BCUT2D eigenvalue weighted by Crippen LogP contribution is 2.19. The second-order valence-corrected chi connectivity index (χ2v) is 3.92. The van der Waals surface area contributed by atoms with E-state index in [4.69, 9.17) is 5.73 Å². The average molecular weight is 273 g/mol. The molecular formula is C9H13BrN4O. The number of hydrogen-bond donors (Lipinski definition) is 3. The van der Waals surface area contributed by atoms with Gasteiger partial charge >= 0.3 is 0 Å². The first-order chi connectivity index (χ1) is 7.09. The number of anilines is 2. The first-order valence-corrected chi connectivity index (χ1v) is 5.28. The Kier molecular flexibility index (Phi) is 4.36. The lowest BCUT2D eigenvalue weighted by Gasteiger charge is -2.08. The lowest BCUT2D eigenvalue weighted by Crippen LogP contribution is -2.26. The lowest BCUT2D eigenvalue weighted by atomic mass is 10.4. The third kappa shape index (κ3) is 4.16. The number of nitrogen functional groups attached to an aromatic ring is 1. The summed E-state index contributed by atoms with van der Waals surface area (Å²) in [5.74, 6) is 0.581. The molecule has 0 unspecified atom stereocenters. The molecule has 0 bridgehead atoms. The molecule has 0 spiro atoms. The third-order valence-electron chi connectivity index (χ3n) is 1.68. The van der Waals surface area contributed by atoms with Crippen molar-refractivity contribution in [3.63, 3.8) is 0 Å². The Morgan fingerprint density at radius 2 is 2.33 bits per heavy atom. The molecule has 5 nitrogen and oxygen atoms in total. The maximum Gasteiger partial charge on any atom is 0.216 e. The predicted octanol–water partition coefficient (Wildman–Crippen LogP) is 0.974. The average Bonchev–Trinajstić information content (AvgIpc) is 2.14. The first kappa shape index (κ1) is 11.8. The fourth-order valence-corrected chi connectivity index (χ4v) is 1.37. The highest BCUT2D eigenvalue weighted by Gasteiger charge is 2.00. The van der Waals surface area contributed by atoms with Crippen molar-refractivity contribution in [2.24, 2.45) is 0 Å². The summed E-state index contributed by atoms with van der Waals surface area (Å²) in [6, 6.07) is 1.77. The van der Waals surface area contributed by atoms with Crippen molar-refractivity contribution < 1.29 is 4.79 Å². The maximum absolute atomic E-state index is 10.6. The van der Waals surface area contributed by atoms with Crippen LogP contribution in [0.5, 0.6) is 0 Å². The van der Waals surface area contributed by atoms with Gasteiger partial charge in [-0.1, -0.05) is 0 Å². The Labute approximate surface area is 96.6 Å². The summed E-state index contributed by atoms with van der Waals surface area (Å²) < 4.78 is 0.840. The number of rotatable bonds is 4. The van der Waals surface area contributed by atoms with Crippen LogP contribution in [0, 0.1) is 0 Å². The predicted molar refractivity (Wildman–Crippen MR) is 63.5 cm³/mol. The van der Waals surface area contributed by atoms with Crippen LogP contribution in [-0.2, 0) is 4.79 Å². The largest absolute Gasteiger partial charge is 0.396 e. The van der Waals surface area contributed by atoms with Gasteiger partial charge in [0.1, 0.15) is 5.82 Å². The van der Waals surface area contributed by atoms with E-state index in [1.54, 1.807) is 12.3 Å². The van der Waals surface area contributed by atoms with Gasteiger partial charge in [-0.2, -0.15) is 0 Å². The Morgan fingerprint density at radius 1 is 1.60 bits per heavy atom. The molecule has 0 atom stereocenters. The Balaban J connectivity index is 2.40. The normalized spacial score (nSPS) is 9.73. The molecule has 1 aromatic rings. The fourth-order valence-electron chi connectivity index (χ4n) is 1.02. The molecule has 1 amide bonds. The molecule has 0 saturated heterocycles. The van der Waals surface area contributed by atoms with Gasteiger partial charge in [0.15, 0.2) is 0 Å². The summed E-state index contributed by atoms with van der Waals surface area (Å²) in [5, 5.41) is 5.69. The second kappa shape index (κ2) is 5.55. The molecule has 6 heteroatoms. The van der Waals surface area contributed by atoms with Crippen LogP contribution < -0.4 is 16.4 Å². The van der Waals surface area contributed by atoms with Crippen LogP contribution in [0.3, 0.4) is 0 Å². The minimum atomic E-state index is -0.0477. The van der Waals surface area contributed by atoms with Crippen molar-refractivity contribution in [3.05, 3.63) is 16.7 Å². The monoisotopic (exact) mass is 272 g/mol. The number of pyridine rings is 1. The van der Waals surface area contributed by atoms with E-state index < -0.39 is 0 Å². The highest BCUT2D eigenvalue weighted by molar-refractivity contribution is 9.10. The van der Waals surface area contributed by atoms with Crippen LogP contribution in [0.25, 0.3) is 0 Å². The van der Waals surface area contributed by atoms with Gasteiger partial charge in [-0.25, -0.2) is 4.98 Å². The van der Waals surface area contributed by atoms with Gasteiger partial charge in [-0.3, -0.25) is 4.79 Å². The number of aromatic nitrogens is 1. The van der Waals surface area contributed by atoms with Crippen LogP contribution in [0.4, 0.5) is 11.5 Å². The maximum atomic E-state index is 10.6. The van der Waals surface area contributed by atoms with Gasteiger partial charge in [-0.15, -0.1) is 0 Å². The van der Waals surface area contributed by atoms with Crippen LogP contribution in [0.15, 0.2) is 16.7 Å². The topological polar surface area (TPSA) is 80.0 Å². The smallest absolute Gasteiger partial charge is 0.216 e. The number of carbonyl (C=O) groups is 1. The minimum absolute atomic E-state index is 0.0477. The minimum Gasteiger partial charge on any atom is -0.396 e. The van der Waals surface area contributed by atoms with Crippen LogP contribution in [0.2, 0.25) is 0 Å². The molecule has 0 saturated carbocycles. The second-order valence-electron chi connectivity index (χ2n) is 3.00. The van der Waals surface area contributed by atoms with Crippen molar-refractivity contribution in [1.82, 2.24) is 10.3 Å². The third-order valence-corrected chi connectivity index (χ3v) is 2.11. The molecule has 1 aromatic heterocycles. The quantitative estimate of drug-likeness (QED) is 0.714. The summed E-state index contributed by atoms with van der Waals surface area (Å²) in [6.07, 6.45) is 1.66. The SMILES string of the molecule is CC(=O)NCCNc1ncc(Br)cc1N. The molecule has 0 aliphatic heterocycles. The number of hydrogen-bond acceptors (Lipinski definition) is 4. The molecule has 0 aliphatic carbocycles. The lowest BCUT2D eigenvalue weighted by molar-refractivity contribution is -0.118. The summed E-state index contributed by atoms with van der Waals surface area (Å²) in [4.78, 5) is 14.7. The number of halogens is 1. The highest BCUT2D eigenvalue weighted by atomic mass is 79.9. The van der Waals surface area contributed by atoms with Crippen LogP contribution >= 0.6 is 15.9 Å². The molecule has 82 valence electrons. The van der Waals surface area contributed by atoms with Gasteiger partial charge in [0.25, 0.3) is 0 Å². The zero-order valence-electron chi connectivity index (χ0n) is 8.38. The van der Waals surface area contributed by atoms with Crippen molar-refractivity contribution in [2.45, 2.75) is 6.92 Å².